The number of amides is 2. The fourth-order valence-corrected chi connectivity index (χ4v) is 4.59. The van der Waals surface area contributed by atoms with Gasteiger partial charge >= 0.3 is 6.03 Å². The Bertz CT molecular complexity index is 1160. The number of nitrogens with one attached hydrogen (secondary N) is 3. The van der Waals surface area contributed by atoms with Crippen LogP contribution in [0.25, 0.3) is 0 Å². The zero-order valence-corrected chi connectivity index (χ0v) is 19.2. The van der Waals surface area contributed by atoms with E-state index in [0.29, 0.717) is 30.3 Å². The van der Waals surface area contributed by atoms with Gasteiger partial charge in [0.1, 0.15) is 11.6 Å². The largest absolute Gasteiger partial charge is 0.495 e. The summed E-state index contributed by atoms with van der Waals surface area (Å²) in [5.74, 6) is 0.933. The van der Waals surface area contributed by atoms with E-state index in [1.165, 1.54) is 29.6 Å². The van der Waals surface area contributed by atoms with E-state index < -0.39 is 16.1 Å². The fraction of sp³-hybridized carbons (Fsp3) is 0.227. The monoisotopic (exact) mass is 470 g/mol. The second kappa shape index (κ2) is 11.1. The van der Waals surface area contributed by atoms with Gasteiger partial charge in [0.2, 0.25) is 0 Å². The zero-order chi connectivity index (χ0) is 23.7. The van der Waals surface area contributed by atoms with E-state index >= 15 is 0 Å². The van der Waals surface area contributed by atoms with E-state index in [1.807, 2.05) is 6.07 Å². The predicted octanol–water partition coefficient (Wildman–Crippen LogP) is 2.93. The average molecular weight is 471 g/mol. The topological polar surface area (TPSA) is 126 Å². The number of carbonyl (C=O) groups excluding carboxylic acids is 1. The quantitative estimate of drug-likeness (QED) is 0.389. The molecular formula is C22H26N6O4S. The van der Waals surface area contributed by atoms with E-state index in [9.17, 15) is 13.2 Å². The van der Waals surface area contributed by atoms with Crippen molar-refractivity contribution in [3.05, 3.63) is 66.9 Å². The third-order valence-corrected chi connectivity index (χ3v) is 6.53. The summed E-state index contributed by atoms with van der Waals surface area (Å²) >= 11 is 0. The Morgan fingerprint density at radius 1 is 1.06 bits per heavy atom. The van der Waals surface area contributed by atoms with Gasteiger partial charge in [0.05, 0.1) is 23.4 Å². The van der Waals surface area contributed by atoms with Crippen LogP contribution in [0.4, 0.5) is 22.0 Å². The summed E-state index contributed by atoms with van der Waals surface area (Å²) in [5, 5.41) is 16.0. The number of nitrogens with zero attached hydrogens (tertiary/aromatic N) is 3. The number of carbonyl (C=O) groups is 1. The highest BCUT2D eigenvalue weighted by Crippen LogP contribution is 2.30. The lowest BCUT2D eigenvalue weighted by Gasteiger charge is -2.23. The van der Waals surface area contributed by atoms with Crippen LogP contribution < -0.4 is 25.0 Å². The van der Waals surface area contributed by atoms with Gasteiger partial charge in [-0.2, -0.15) is 5.10 Å². The second-order valence-electron chi connectivity index (χ2n) is 6.78. The number of hydrogen-bond acceptors (Lipinski definition) is 7. The summed E-state index contributed by atoms with van der Waals surface area (Å²) in [4.78, 5) is 12.4. The van der Waals surface area contributed by atoms with Crippen molar-refractivity contribution >= 4 is 33.2 Å². The molecule has 10 nitrogen and oxygen atoms in total. The lowest BCUT2D eigenvalue weighted by molar-refractivity contribution is 0.252. The normalized spacial score (nSPS) is 10.8. The fourth-order valence-electron chi connectivity index (χ4n) is 3.09. The molecule has 0 bridgehead atoms. The first-order valence-electron chi connectivity index (χ1n) is 10.3. The first kappa shape index (κ1) is 23.8. The Labute approximate surface area is 193 Å². The van der Waals surface area contributed by atoms with E-state index in [0.717, 1.165) is 0 Å². The second-order valence-corrected chi connectivity index (χ2v) is 8.65. The van der Waals surface area contributed by atoms with Crippen LogP contribution in [-0.2, 0) is 10.0 Å². The number of methoxy groups -OCH3 is 1. The number of rotatable bonds is 10. The number of anilines is 3. The maximum absolute atomic E-state index is 13.3. The molecule has 33 heavy (non-hydrogen) atoms. The Hall–Kier alpha value is -3.86. The molecule has 1 aromatic heterocycles. The smallest absolute Gasteiger partial charge is 0.319 e. The summed E-state index contributed by atoms with van der Waals surface area (Å²) < 4.78 is 33.2. The molecule has 3 aromatic rings. The van der Waals surface area contributed by atoms with E-state index in [-0.39, 0.29) is 17.1 Å². The standard InChI is InChI=1S/C22H26N6O4S/c1-3-28(17-8-5-4-6-9-17)33(30,31)18-11-12-20(32-2)19(16-18)26-22(29)24-15-14-23-21-10-7-13-25-27-21/h4-13,16H,3,14-15H2,1-2H3,(H,23,27)(H2,24,26,29). The molecule has 0 saturated heterocycles. The molecule has 11 heteroatoms. The van der Waals surface area contributed by atoms with Gasteiger partial charge in [-0.25, -0.2) is 13.2 Å². The molecule has 2 aromatic carbocycles. The minimum atomic E-state index is -3.86. The summed E-state index contributed by atoms with van der Waals surface area (Å²) in [6.45, 7) is 2.75. The van der Waals surface area contributed by atoms with Crippen LogP contribution in [0.1, 0.15) is 6.92 Å². The summed E-state index contributed by atoms with van der Waals surface area (Å²) in [6.07, 6.45) is 1.57. The van der Waals surface area contributed by atoms with Gasteiger partial charge in [-0.05, 0) is 49.4 Å². The van der Waals surface area contributed by atoms with Crippen LogP contribution in [0.15, 0.2) is 71.8 Å². The molecule has 2 amide bonds. The zero-order valence-electron chi connectivity index (χ0n) is 18.4. The molecule has 0 atom stereocenters. The highest BCUT2D eigenvalue weighted by atomic mass is 32.2. The average Bonchev–Trinajstić information content (AvgIpc) is 2.83. The third-order valence-electron chi connectivity index (χ3n) is 4.63. The van der Waals surface area contributed by atoms with E-state index in [2.05, 4.69) is 26.1 Å². The van der Waals surface area contributed by atoms with Crippen molar-refractivity contribution in [2.75, 3.05) is 41.7 Å². The molecule has 0 aliphatic rings. The maximum atomic E-state index is 13.3. The van der Waals surface area contributed by atoms with E-state index in [1.54, 1.807) is 49.5 Å². The van der Waals surface area contributed by atoms with Gasteiger partial charge in [0.25, 0.3) is 10.0 Å². The number of para-hydroxylation sites is 1. The Kier molecular flexibility index (Phi) is 8.03. The highest BCUT2D eigenvalue weighted by molar-refractivity contribution is 7.92. The number of hydrogen-bond donors (Lipinski definition) is 3. The van der Waals surface area contributed by atoms with Crippen LogP contribution in [0.5, 0.6) is 5.75 Å². The van der Waals surface area contributed by atoms with E-state index in [4.69, 9.17) is 4.74 Å². The number of benzene rings is 2. The third kappa shape index (κ3) is 6.10. The minimum absolute atomic E-state index is 0.0358. The summed E-state index contributed by atoms with van der Waals surface area (Å²) in [5.41, 5.74) is 0.792. The molecular weight excluding hydrogens is 444 g/mol. The van der Waals surface area contributed by atoms with Gasteiger partial charge in [-0.3, -0.25) is 4.31 Å². The van der Waals surface area contributed by atoms with Crippen molar-refractivity contribution in [2.24, 2.45) is 0 Å². The molecule has 3 N–H and O–H groups in total. The molecule has 0 fully saturated rings. The predicted molar refractivity (Wildman–Crippen MR) is 127 cm³/mol. The number of ether oxygens (including phenoxy) is 1. The van der Waals surface area contributed by atoms with Crippen LogP contribution in [0, 0.1) is 0 Å². The van der Waals surface area contributed by atoms with Crippen LogP contribution in [-0.4, -0.2) is 51.4 Å². The van der Waals surface area contributed by atoms with Gasteiger partial charge in [-0.1, -0.05) is 18.2 Å². The van der Waals surface area contributed by atoms with Gasteiger partial charge in [0, 0.05) is 25.8 Å². The molecule has 0 aliphatic heterocycles. The Morgan fingerprint density at radius 3 is 2.52 bits per heavy atom. The van der Waals surface area contributed by atoms with Crippen LogP contribution in [0.3, 0.4) is 0 Å². The minimum Gasteiger partial charge on any atom is -0.495 e. The van der Waals surface area contributed by atoms with Crippen molar-refractivity contribution in [1.29, 1.82) is 0 Å². The molecule has 0 unspecified atom stereocenters. The molecule has 174 valence electrons. The van der Waals surface area contributed by atoms with Gasteiger partial charge < -0.3 is 20.7 Å². The molecule has 0 aliphatic carbocycles. The molecule has 0 saturated carbocycles. The Morgan fingerprint density at radius 2 is 1.85 bits per heavy atom. The number of urea groups is 1. The molecule has 3 rings (SSSR count). The maximum Gasteiger partial charge on any atom is 0.319 e. The first-order valence-corrected chi connectivity index (χ1v) is 11.7. The van der Waals surface area contributed by atoms with Gasteiger partial charge in [-0.15, -0.1) is 5.10 Å². The first-order chi connectivity index (χ1) is 16.0. The van der Waals surface area contributed by atoms with Crippen molar-refractivity contribution in [2.45, 2.75) is 11.8 Å². The van der Waals surface area contributed by atoms with Crippen LogP contribution >= 0.6 is 0 Å². The molecule has 0 spiro atoms. The number of aromatic nitrogens is 2. The number of sulfonamides is 1. The SMILES string of the molecule is CCN(c1ccccc1)S(=O)(=O)c1ccc(OC)c(NC(=O)NCCNc2cccnn2)c1. The van der Waals surface area contributed by atoms with Crippen molar-refractivity contribution < 1.29 is 17.9 Å². The summed E-state index contributed by atoms with van der Waals surface area (Å²) in [6, 6.07) is 16.2. The lowest BCUT2D eigenvalue weighted by atomic mass is 10.3. The van der Waals surface area contributed by atoms with Crippen LogP contribution in [0.2, 0.25) is 0 Å². The highest BCUT2D eigenvalue weighted by Gasteiger charge is 2.25. The van der Waals surface area contributed by atoms with Gasteiger partial charge in [0.15, 0.2) is 0 Å². The van der Waals surface area contributed by atoms with Crippen molar-refractivity contribution in [1.82, 2.24) is 15.5 Å². The van der Waals surface area contributed by atoms with Crippen molar-refractivity contribution in [3.8, 4) is 5.75 Å². The summed E-state index contributed by atoms with van der Waals surface area (Å²) in [7, 11) is -2.41. The molecule has 0 radical (unpaired) electrons. The molecule has 1 heterocycles. The van der Waals surface area contributed by atoms with Crippen molar-refractivity contribution in [3.63, 3.8) is 0 Å². The lowest BCUT2D eigenvalue weighted by Crippen LogP contribution is -2.33. The Balaban J connectivity index is 1.70.